The molecule has 1 unspecified atom stereocenters. The van der Waals surface area contributed by atoms with Gasteiger partial charge in [0, 0.05) is 12.1 Å². The molecule has 6 nitrogen and oxygen atoms in total. The molecule has 0 radical (unpaired) electrons. The Morgan fingerprint density at radius 2 is 1.50 bits per heavy atom. The number of Topliss-reactive ketones (excluding diaryl/α,β-unsaturated/α-hetero) is 1. The van der Waals surface area contributed by atoms with E-state index in [1.54, 1.807) is 36.3 Å². The highest BCUT2D eigenvalue weighted by Gasteiger charge is 2.45. The molecule has 1 heterocycles. The van der Waals surface area contributed by atoms with Crippen molar-refractivity contribution in [2.24, 2.45) is 5.92 Å². The van der Waals surface area contributed by atoms with Crippen molar-refractivity contribution in [3.8, 4) is 11.5 Å². The van der Waals surface area contributed by atoms with Gasteiger partial charge in [-0.05, 0) is 70.8 Å². The molecule has 1 atom stereocenters. The van der Waals surface area contributed by atoms with Gasteiger partial charge in [0.2, 0.25) is 0 Å². The maximum absolute atomic E-state index is 13.4. The summed E-state index contributed by atoms with van der Waals surface area (Å²) in [6.45, 7) is 11.5. The van der Waals surface area contributed by atoms with E-state index in [-0.39, 0.29) is 16.7 Å². The van der Waals surface area contributed by atoms with Gasteiger partial charge in [-0.1, -0.05) is 71.0 Å². The van der Waals surface area contributed by atoms with Crippen LogP contribution in [0.15, 0.2) is 78.4 Å². The van der Waals surface area contributed by atoms with Crippen molar-refractivity contribution in [2.45, 2.75) is 52.5 Å². The van der Waals surface area contributed by atoms with E-state index in [0.29, 0.717) is 36.8 Å². The van der Waals surface area contributed by atoms with Crippen molar-refractivity contribution in [2.75, 3.05) is 20.3 Å². The molecule has 1 fully saturated rings. The third-order valence-electron chi connectivity index (χ3n) is 7.14. The van der Waals surface area contributed by atoms with E-state index in [1.165, 1.54) is 0 Å². The second kappa shape index (κ2) is 12.0. The normalized spacial score (nSPS) is 17.0. The van der Waals surface area contributed by atoms with Crippen molar-refractivity contribution in [1.29, 1.82) is 0 Å². The van der Waals surface area contributed by atoms with Crippen molar-refractivity contribution >= 4 is 17.4 Å². The van der Waals surface area contributed by atoms with Crippen LogP contribution in [-0.4, -0.2) is 42.0 Å². The topological polar surface area (TPSA) is 76.1 Å². The molecule has 1 aliphatic heterocycles. The van der Waals surface area contributed by atoms with Crippen LogP contribution in [0.1, 0.15) is 62.9 Å². The molecule has 0 aliphatic carbocycles. The molecule has 0 bridgehead atoms. The molecule has 0 spiro atoms. The Bertz CT molecular complexity index is 1360. The van der Waals surface area contributed by atoms with Gasteiger partial charge in [-0.15, -0.1) is 0 Å². The molecule has 3 aromatic rings. The maximum atomic E-state index is 13.4. The minimum absolute atomic E-state index is 0.0475. The zero-order valence-corrected chi connectivity index (χ0v) is 24.2. The lowest BCUT2D eigenvalue weighted by Gasteiger charge is -2.26. The van der Waals surface area contributed by atoms with E-state index in [0.717, 1.165) is 22.4 Å². The fourth-order valence-corrected chi connectivity index (χ4v) is 4.79. The van der Waals surface area contributed by atoms with Crippen LogP contribution in [0, 0.1) is 5.92 Å². The number of likely N-dealkylation sites (tertiary alicyclic amines) is 1. The van der Waals surface area contributed by atoms with Gasteiger partial charge in [-0.2, -0.15) is 0 Å². The number of methoxy groups -OCH3 is 1. The van der Waals surface area contributed by atoms with E-state index in [2.05, 4.69) is 34.6 Å². The number of carbonyl (C=O) groups is 2. The zero-order chi connectivity index (χ0) is 29.0. The summed E-state index contributed by atoms with van der Waals surface area (Å²) in [5, 5.41) is 11.4. The Balaban J connectivity index is 1.71. The van der Waals surface area contributed by atoms with Crippen LogP contribution in [0.5, 0.6) is 11.5 Å². The standard InChI is InChI=1S/C34H39NO5/c1-22(2)21-40-28-17-11-25(12-18-28)31(36)29-30(24-9-13-26(14-10-24)34(3,4)5)35(33(38)32(29)37)20-19-23-7-15-27(39-6)16-8-23/h7-18,22,30,36H,19-21H2,1-6H3/b31-29-. The number of aliphatic hydroxyl groups is 1. The molecular formula is C34H39NO5. The molecule has 1 saturated heterocycles. The molecular weight excluding hydrogens is 502 g/mol. The number of hydrogen-bond donors (Lipinski definition) is 1. The first-order chi connectivity index (χ1) is 19.0. The van der Waals surface area contributed by atoms with Crippen LogP contribution in [0.2, 0.25) is 0 Å². The summed E-state index contributed by atoms with van der Waals surface area (Å²) in [5.74, 6) is 0.328. The highest BCUT2D eigenvalue weighted by Crippen LogP contribution is 2.40. The first-order valence-corrected chi connectivity index (χ1v) is 13.7. The number of rotatable bonds is 9. The maximum Gasteiger partial charge on any atom is 0.295 e. The number of aliphatic hydroxyl groups excluding tert-OH is 1. The summed E-state index contributed by atoms with van der Waals surface area (Å²) in [6.07, 6.45) is 0.551. The van der Waals surface area contributed by atoms with Gasteiger partial charge in [-0.25, -0.2) is 0 Å². The Morgan fingerprint density at radius 1 is 0.900 bits per heavy atom. The van der Waals surface area contributed by atoms with Crippen LogP contribution in [0.3, 0.4) is 0 Å². The molecule has 40 heavy (non-hydrogen) atoms. The summed E-state index contributed by atoms with van der Waals surface area (Å²) >= 11 is 0. The second-order valence-corrected chi connectivity index (χ2v) is 11.7. The number of amides is 1. The first kappa shape index (κ1) is 28.9. The minimum atomic E-state index is -0.705. The monoisotopic (exact) mass is 541 g/mol. The quantitative estimate of drug-likeness (QED) is 0.186. The molecule has 1 amide bonds. The average Bonchev–Trinajstić information content (AvgIpc) is 3.19. The largest absolute Gasteiger partial charge is 0.507 e. The smallest absolute Gasteiger partial charge is 0.295 e. The van der Waals surface area contributed by atoms with Crippen LogP contribution < -0.4 is 9.47 Å². The lowest BCUT2D eigenvalue weighted by Crippen LogP contribution is -2.31. The summed E-state index contributed by atoms with van der Waals surface area (Å²) in [5.41, 5.74) is 3.44. The molecule has 6 heteroatoms. The number of nitrogens with zero attached hydrogens (tertiary/aromatic N) is 1. The number of ketones is 1. The summed E-state index contributed by atoms with van der Waals surface area (Å²) < 4.78 is 11.0. The Morgan fingerprint density at radius 3 is 2.05 bits per heavy atom. The molecule has 4 rings (SSSR count). The Kier molecular flexibility index (Phi) is 8.67. The summed E-state index contributed by atoms with van der Waals surface area (Å²) in [6, 6.07) is 21.9. The van der Waals surface area contributed by atoms with Gasteiger partial charge >= 0.3 is 0 Å². The number of hydrogen-bond acceptors (Lipinski definition) is 5. The number of ether oxygens (including phenoxy) is 2. The van der Waals surface area contributed by atoms with Crippen molar-refractivity contribution in [1.82, 2.24) is 4.90 Å². The van der Waals surface area contributed by atoms with E-state index >= 15 is 0 Å². The molecule has 0 aromatic heterocycles. The summed E-state index contributed by atoms with van der Waals surface area (Å²) in [4.78, 5) is 28.4. The van der Waals surface area contributed by atoms with Crippen LogP contribution >= 0.6 is 0 Å². The third kappa shape index (κ3) is 6.39. The predicted molar refractivity (Wildman–Crippen MR) is 158 cm³/mol. The van der Waals surface area contributed by atoms with Crippen LogP contribution in [0.4, 0.5) is 0 Å². The minimum Gasteiger partial charge on any atom is -0.507 e. The Labute approximate surface area is 237 Å². The predicted octanol–water partition coefficient (Wildman–Crippen LogP) is 6.69. The van der Waals surface area contributed by atoms with Crippen LogP contribution in [0.25, 0.3) is 5.76 Å². The fraction of sp³-hybridized carbons (Fsp3) is 0.353. The number of benzene rings is 3. The van der Waals surface area contributed by atoms with E-state index in [1.807, 2.05) is 48.5 Å². The van der Waals surface area contributed by atoms with E-state index < -0.39 is 17.7 Å². The van der Waals surface area contributed by atoms with Gasteiger partial charge in [0.25, 0.3) is 11.7 Å². The molecule has 1 N–H and O–H groups in total. The molecule has 3 aromatic carbocycles. The molecule has 0 saturated carbocycles. The van der Waals surface area contributed by atoms with Gasteiger partial charge in [-0.3, -0.25) is 9.59 Å². The second-order valence-electron chi connectivity index (χ2n) is 11.7. The van der Waals surface area contributed by atoms with E-state index in [4.69, 9.17) is 9.47 Å². The highest BCUT2D eigenvalue weighted by atomic mass is 16.5. The highest BCUT2D eigenvalue weighted by molar-refractivity contribution is 6.46. The van der Waals surface area contributed by atoms with Gasteiger partial charge in [0.1, 0.15) is 17.3 Å². The first-order valence-electron chi connectivity index (χ1n) is 13.7. The van der Waals surface area contributed by atoms with Crippen molar-refractivity contribution in [3.63, 3.8) is 0 Å². The van der Waals surface area contributed by atoms with Gasteiger partial charge in [0.15, 0.2) is 0 Å². The SMILES string of the molecule is COc1ccc(CCN2C(=O)C(=O)/C(=C(\O)c3ccc(OCC(C)C)cc3)C2c2ccc(C(C)(C)C)cc2)cc1. The van der Waals surface area contributed by atoms with Crippen molar-refractivity contribution < 1.29 is 24.2 Å². The number of carbonyl (C=O) groups excluding carboxylic acids is 2. The fourth-order valence-electron chi connectivity index (χ4n) is 4.79. The van der Waals surface area contributed by atoms with Crippen molar-refractivity contribution in [3.05, 3.63) is 101 Å². The zero-order valence-electron chi connectivity index (χ0n) is 24.2. The van der Waals surface area contributed by atoms with Crippen LogP contribution in [-0.2, 0) is 21.4 Å². The molecule has 210 valence electrons. The van der Waals surface area contributed by atoms with E-state index in [9.17, 15) is 14.7 Å². The molecule has 1 aliphatic rings. The lowest BCUT2D eigenvalue weighted by atomic mass is 9.85. The average molecular weight is 542 g/mol. The summed E-state index contributed by atoms with van der Waals surface area (Å²) in [7, 11) is 1.62. The lowest BCUT2D eigenvalue weighted by molar-refractivity contribution is -0.139. The van der Waals surface area contributed by atoms with Gasteiger partial charge < -0.3 is 19.5 Å². The van der Waals surface area contributed by atoms with Gasteiger partial charge in [0.05, 0.1) is 25.3 Å². The Hall–Kier alpha value is -4.06. The third-order valence-corrected chi connectivity index (χ3v) is 7.14.